The number of hydrogen-bond donors (Lipinski definition) is 1. The smallest absolute Gasteiger partial charge is 0.243 e. The highest BCUT2D eigenvalue weighted by Crippen LogP contribution is 2.23. The molecule has 5 nitrogen and oxygen atoms in total. The lowest BCUT2D eigenvalue weighted by molar-refractivity contribution is -0.125. The van der Waals surface area contributed by atoms with Crippen molar-refractivity contribution in [1.82, 2.24) is 9.62 Å². The van der Waals surface area contributed by atoms with Crippen LogP contribution in [-0.2, 0) is 14.8 Å². The number of carbonyl (C=O) groups excluding carboxylic acids is 1. The van der Waals surface area contributed by atoms with Gasteiger partial charge in [-0.25, -0.2) is 8.42 Å². The van der Waals surface area contributed by atoms with E-state index in [9.17, 15) is 13.2 Å². The summed E-state index contributed by atoms with van der Waals surface area (Å²) in [5.74, 6) is -0.342. The Balaban J connectivity index is 2.20. The molecule has 0 saturated carbocycles. The number of benzene rings is 1. The van der Waals surface area contributed by atoms with Gasteiger partial charge in [-0.15, -0.1) is 0 Å². The van der Waals surface area contributed by atoms with Crippen LogP contribution >= 0.6 is 0 Å². The van der Waals surface area contributed by atoms with Crippen molar-refractivity contribution in [2.45, 2.75) is 17.7 Å². The van der Waals surface area contributed by atoms with Crippen LogP contribution in [0.3, 0.4) is 0 Å². The maximum atomic E-state index is 12.4. The second-order valence-corrected chi connectivity index (χ2v) is 6.57. The van der Waals surface area contributed by atoms with Gasteiger partial charge >= 0.3 is 0 Å². The lowest BCUT2D eigenvalue weighted by Gasteiger charge is -2.30. The van der Waals surface area contributed by atoms with Crippen molar-refractivity contribution >= 4 is 15.9 Å². The second kappa shape index (κ2) is 5.71. The zero-order valence-electron chi connectivity index (χ0n) is 10.9. The molecule has 0 aliphatic carbocycles. The van der Waals surface area contributed by atoms with Crippen LogP contribution in [0.2, 0.25) is 0 Å². The molecule has 1 aliphatic rings. The monoisotopic (exact) mass is 282 g/mol. The molecule has 0 spiro atoms. The van der Waals surface area contributed by atoms with Gasteiger partial charge in [-0.3, -0.25) is 4.79 Å². The van der Waals surface area contributed by atoms with Crippen molar-refractivity contribution in [3.63, 3.8) is 0 Å². The molecule has 1 saturated heterocycles. The molecule has 19 heavy (non-hydrogen) atoms. The van der Waals surface area contributed by atoms with E-state index in [1.807, 2.05) is 0 Å². The minimum absolute atomic E-state index is 0.0899. The average Bonchev–Trinajstić information content (AvgIpc) is 2.47. The number of sulfonamides is 1. The summed E-state index contributed by atoms with van der Waals surface area (Å²) in [6.45, 7) is 0.738. The Bertz CT molecular complexity index is 542. The van der Waals surface area contributed by atoms with Crippen LogP contribution in [0.1, 0.15) is 12.8 Å². The largest absolute Gasteiger partial charge is 0.359 e. The number of nitrogens with one attached hydrogen (secondary N) is 1. The lowest BCUT2D eigenvalue weighted by atomic mass is 9.99. The summed E-state index contributed by atoms with van der Waals surface area (Å²) in [5, 5.41) is 2.59. The van der Waals surface area contributed by atoms with Crippen LogP contribution in [0.25, 0.3) is 0 Å². The Morgan fingerprint density at radius 2 is 2.00 bits per heavy atom. The molecule has 1 aromatic carbocycles. The van der Waals surface area contributed by atoms with Gasteiger partial charge in [0.25, 0.3) is 0 Å². The van der Waals surface area contributed by atoms with Crippen molar-refractivity contribution in [1.29, 1.82) is 0 Å². The molecule has 1 aliphatic heterocycles. The Labute approximate surface area is 113 Å². The molecule has 1 atom stereocenters. The number of carbonyl (C=O) groups is 1. The standard InChI is InChI=1S/C13H18N2O3S/c1-14-13(16)11-6-5-9-15(10-11)19(17,18)12-7-3-2-4-8-12/h2-4,7-8,11H,5-6,9-10H2,1H3,(H,14,16). The van der Waals surface area contributed by atoms with Crippen molar-refractivity contribution in [2.75, 3.05) is 20.1 Å². The molecule has 1 N–H and O–H groups in total. The van der Waals surface area contributed by atoms with Gasteiger partial charge in [0.15, 0.2) is 0 Å². The van der Waals surface area contributed by atoms with Gasteiger partial charge < -0.3 is 5.32 Å². The quantitative estimate of drug-likeness (QED) is 0.893. The van der Waals surface area contributed by atoms with Crippen molar-refractivity contribution in [3.05, 3.63) is 30.3 Å². The third kappa shape index (κ3) is 2.96. The zero-order valence-corrected chi connectivity index (χ0v) is 11.7. The number of rotatable bonds is 3. The predicted molar refractivity (Wildman–Crippen MR) is 72.0 cm³/mol. The Morgan fingerprint density at radius 3 is 2.63 bits per heavy atom. The topological polar surface area (TPSA) is 66.5 Å². The van der Waals surface area contributed by atoms with Crippen molar-refractivity contribution in [2.24, 2.45) is 5.92 Å². The molecular weight excluding hydrogens is 264 g/mol. The van der Waals surface area contributed by atoms with E-state index in [1.54, 1.807) is 37.4 Å². The zero-order chi connectivity index (χ0) is 13.9. The SMILES string of the molecule is CNC(=O)C1CCCN(S(=O)(=O)c2ccccc2)C1. The van der Waals surface area contributed by atoms with E-state index >= 15 is 0 Å². The predicted octanol–water partition coefficient (Wildman–Crippen LogP) is 0.833. The number of piperidine rings is 1. The summed E-state index contributed by atoms with van der Waals surface area (Å²) >= 11 is 0. The normalized spacial score (nSPS) is 21.0. The summed E-state index contributed by atoms with van der Waals surface area (Å²) in [6, 6.07) is 8.35. The summed E-state index contributed by atoms with van der Waals surface area (Å²) in [6.07, 6.45) is 1.45. The van der Waals surface area contributed by atoms with Crippen LogP contribution in [0.5, 0.6) is 0 Å². The maximum Gasteiger partial charge on any atom is 0.243 e. The molecule has 1 aromatic rings. The maximum absolute atomic E-state index is 12.4. The van der Waals surface area contributed by atoms with Crippen LogP contribution in [-0.4, -0.2) is 38.8 Å². The van der Waals surface area contributed by atoms with E-state index in [4.69, 9.17) is 0 Å². The Morgan fingerprint density at radius 1 is 1.32 bits per heavy atom. The Hall–Kier alpha value is -1.40. The van der Waals surface area contributed by atoms with E-state index in [0.29, 0.717) is 13.0 Å². The van der Waals surface area contributed by atoms with E-state index in [2.05, 4.69) is 5.32 Å². The fourth-order valence-electron chi connectivity index (χ4n) is 2.32. The van der Waals surface area contributed by atoms with Crippen LogP contribution in [0, 0.1) is 5.92 Å². The summed E-state index contributed by atoms with van der Waals surface area (Å²) in [7, 11) is -1.91. The van der Waals surface area contributed by atoms with Crippen molar-refractivity contribution < 1.29 is 13.2 Å². The Kier molecular flexibility index (Phi) is 4.21. The number of nitrogens with zero attached hydrogens (tertiary/aromatic N) is 1. The molecule has 0 aromatic heterocycles. The first-order valence-corrected chi connectivity index (χ1v) is 7.76. The summed E-state index contributed by atoms with van der Waals surface area (Å²) in [4.78, 5) is 11.9. The summed E-state index contributed by atoms with van der Waals surface area (Å²) < 4.78 is 26.3. The second-order valence-electron chi connectivity index (χ2n) is 4.63. The number of amides is 1. The van der Waals surface area contributed by atoms with Gasteiger partial charge in [0.05, 0.1) is 10.8 Å². The minimum Gasteiger partial charge on any atom is -0.359 e. The first kappa shape index (κ1) is 14.0. The molecule has 2 rings (SSSR count). The van der Waals surface area contributed by atoms with Crippen LogP contribution in [0.15, 0.2) is 35.2 Å². The van der Waals surface area contributed by atoms with E-state index in [0.717, 1.165) is 6.42 Å². The van der Waals surface area contributed by atoms with Crippen LogP contribution in [0.4, 0.5) is 0 Å². The fraction of sp³-hybridized carbons (Fsp3) is 0.462. The van der Waals surface area contributed by atoms with E-state index in [1.165, 1.54) is 4.31 Å². The third-order valence-electron chi connectivity index (χ3n) is 3.38. The van der Waals surface area contributed by atoms with Crippen LogP contribution < -0.4 is 5.32 Å². The molecular formula is C13H18N2O3S. The molecule has 1 fully saturated rings. The van der Waals surface area contributed by atoms with Gasteiger partial charge in [0, 0.05) is 20.1 Å². The van der Waals surface area contributed by atoms with Gasteiger partial charge in [-0.05, 0) is 25.0 Å². The molecule has 104 valence electrons. The first-order valence-electron chi connectivity index (χ1n) is 6.32. The molecule has 0 bridgehead atoms. The highest BCUT2D eigenvalue weighted by atomic mass is 32.2. The molecule has 6 heteroatoms. The minimum atomic E-state index is -3.48. The molecule has 0 radical (unpaired) electrons. The van der Waals surface area contributed by atoms with E-state index < -0.39 is 10.0 Å². The van der Waals surface area contributed by atoms with E-state index in [-0.39, 0.29) is 23.3 Å². The van der Waals surface area contributed by atoms with Gasteiger partial charge in [0.2, 0.25) is 15.9 Å². The molecule has 1 amide bonds. The van der Waals surface area contributed by atoms with Gasteiger partial charge in [-0.2, -0.15) is 4.31 Å². The van der Waals surface area contributed by atoms with Gasteiger partial charge in [-0.1, -0.05) is 18.2 Å². The first-order chi connectivity index (χ1) is 9.05. The average molecular weight is 282 g/mol. The van der Waals surface area contributed by atoms with Gasteiger partial charge in [0.1, 0.15) is 0 Å². The van der Waals surface area contributed by atoms with Crippen molar-refractivity contribution in [3.8, 4) is 0 Å². The third-order valence-corrected chi connectivity index (χ3v) is 5.26. The lowest BCUT2D eigenvalue weighted by Crippen LogP contribution is -2.44. The highest BCUT2D eigenvalue weighted by Gasteiger charge is 2.32. The molecule has 1 unspecified atom stereocenters. The fourth-order valence-corrected chi connectivity index (χ4v) is 3.87. The molecule has 1 heterocycles. The number of hydrogen-bond acceptors (Lipinski definition) is 3. The summed E-state index contributed by atoms with van der Waals surface area (Å²) in [5.41, 5.74) is 0. The highest BCUT2D eigenvalue weighted by molar-refractivity contribution is 7.89.